The molecule has 3 N–H and O–H groups in total. The van der Waals surface area contributed by atoms with Crippen LogP contribution >= 0.6 is 11.8 Å². The van der Waals surface area contributed by atoms with Gasteiger partial charge in [-0.15, -0.1) is 11.8 Å². The predicted molar refractivity (Wildman–Crippen MR) is 150 cm³/mol. The van der Waals surface area contributed by atoms with E-state index in [-0.39, 0.29) is 18.6 Å². The first-order valence-corrected chi connectivity index (χ1v) is 13.8. The Bertz CT molecular complexity index is 1460. The smallest absolute Gasteiger partial charge is 0.254 e. The highest BCUT2D eigenvalue weighted by molar-refractivity contribution is 7.98. The highest BCUT2D eigenvalue weighted by Gasteiger charge is 2.22. The molecule has 0 radical (unpaired) electrons. The van der Waals surface area contributed by atoms with Gasteiger partial charge in [-0.05, 0) is 55.3 Å². The molecule has 38 heavy (non-hydrogen) atoms. The van der Waals surface area contributed by atoms with Crippen LogP contribution in [0.2, 0.25) is 0 Å². The number of halogens is 1. The van der Waals surface area contributed by atoms with Crippen LogP contribution in [0.3, 0.4) is 0 Å². The molecular formula is C28H32FN5O3S. The summed E-state index contributed by atoms with van der Waals surface area (Å²) < 4.78 is 22.0. The fourth-order valence-electron chi connectivity index (χ4n) is 4.63. The van der Waals surface area contributed by atoms with Crippen molar-refractivity contribution in [3.8, 4) is 17.1 Å². The largest absolute Gasteiger partial charge is 0.412 e. The maximum absolute atomic E-state index is 14.7. The molecule has 200 valence electrons. The van der Waals surface area contributed by atoms with Crippen molar-refractivity contribution in [2.75, 3.05) is 44.4 Å². The van der Waals surface area contributed by atoms with Gasteiger partial charge >= 0.3 is 0 Å². The highest BCUT2D eigenvalue weighted by atomic mass is 32.2. The van der Waals surface area contributed by atoms with E-state index in [1.807, 2.05) is 46.2 Å². The number of hydrogen-bond donors (Lipinski definition) is 1. The van der Waals surface area contributed by atoms with Crippen LogP contribution in [0.4, 0.5) is 10.1 Å². The van der Waals surface area contributed by atoms with Crippen molar-refractivity contribution in [3.63, 3.8) is 0 Å². The molecule has 0 bridgehead atoms. The van der Waals surface area contributed by atoms with E-state index in [1.165, 1.54) is 18.9 Å². The topological polar surface area (TPSA) is 104 Å². The number of morpholine rings is 1. The highest BCUT2D eigenvalue weighted by Crippen LogP contribution is 2.33. The minimum absolute atomic E-state index is 0. The Labute approximate surface area is 226 Å². The van der Waals surface area contributed by atoms with Crippen molar-refractivity contribution >= 4 is 34.3 Å². The lowest BCUT2D eigenvalue weighted by Gasteiger charge is -2.26. The van der Waals surface area contributed by atoms with Gasteiger partial charge in [0.05, 0.1) is 18.7 Å². The number of rotatable bonds is 7. The van der Waals surface area contributed by atoms with Crippen LogP contribution in [-0.2, 0) is 4.74 Å². The average Bonchev–Trinajstić information content (AvgIpc) is 3.71. The van der Waals surface area contributed by atoms with Crippen LogP contribution in [-0.4, -0.2) is 69.9 Å². The van der Waals surface area contributed by atoms with Gasteiger partial charge in [-0.25, -0.2) is 14.4 Å². The Morgan fingerprint density at radius 1 is 1.16 bits per heavy atom. The van der Waals surface area contributed by atoms with Crippen molar-refractivity contribution in [1.82, 2.24) is 19.4 Å². The van der Waals surface area contributed by atoms with Gasteiger partial charge in [0.2, 0.25) is 5.95 Å². The second kappa shape index (κ2) is 11.1. The second-order valence-electron chi connectivity index (χ2n) is 9.49. The van der Waals surface area contributed by atoms with E-state index in [1.54, 1.807) is 30.2 Å². The van der Waals surface area contributed by atoms with E-state index in [9.17, 15) is 9.18 Å². The molecule has 2 fully saturated rings. The van der Waals surface area contributed by atoms with E-state index in [0.29, 0.717) is 48.9 Å². The van der Waals surface area contributed by atoms with E-state index in [0.717, 1.165) is 33.9 Å². The van der Waals surface area contributed by atoms with Crippen molar-refractivity contribution in [3.05, 3.63) is 66.4 Å². The number of hydrogen-bond acceptors (Lipinski definition) is 6. The zero-order valence-electron chi connectivity index (χ0n) is 21.1. The summed E-state index contributed by atoms with van der Waals surface area (Å²) in [5.74, 6) is 0.873. The maximum Gasteiger partial charge on any atom is 0.254 e. The van der Waals surface area contributed by atoms with Crippen LogP contribution in [0.25, 0.3) is 28.0 Å². The van der Waals surface area contributed by atoms with Crippen LogP contribution in [0.1, 0.15) is 24.6 Å². The lowest BCUT2D eigenvalue weighted by atomic mass is 10.1. The lowest BCUT2D eigenvalue weighted by molar-refractivity contribution is 0.0303. The number of nitrogens with zero attached hydrogens (tertiary/aromatic N) is 4. The van der Waals surface area contributed by atoms with Gasteiger partial charge < -0.3 is 20.4 Å². The molecule has 1 saturated carbocycles. The third-order valence-electron chi connectivity index (χ3n) is 6.96. The number of amides is 1. The van der Waals surface area contributed by atoms with Crippen molar-refractivity contribution < 1.29 is 20.8 Å². The number of thioether (sulfide) groups is 1. The van der Waals surface area contributed by atoms with E-state index < -0.39 is 0 Å². The number of carbonyl (C=O) groups excluding carboxylic acids is 1. The first-order valence-electron chi connectivity index (χ1n) is 12.5. The number of ether oxygens (including phenoxy) is 1. The molecule has 2 aromatic carbocycles. The average molecular weight is 538 g/mol. The molecule has 1 aliphatic heterocycles. The molecule has 1 aliphatic carbocycles. The second-order valence-corrected chi connectivity index (χ2v) is 10.3. The van der Waals surface area contributed by atoms with Gasteiger partial charge in [0.25, 0.3) is 5.91 Å². The zero-order valence-corrected chi connectivity index (χ0v) is 21.9. The zero-order chi connectivity index (χ0) is 25.4. The summed E-state index contributed by atoms with van der Waals surface area (Å²) in [6.45, 7) is 3.20. The summed E-state index contributed by atoms with van der Waals surface area (Å²) in [6, 6.07) is 10.8. The standard InChI is InChI=1S/C28H28FN5O2S.H2O.H2/c1-37-26-17-34(25-12-19(4-6-22(25)26)27(35)33-8-10-36-11-9-33)28-31-15-20(16-32-28)23-13-21(5-7-24(23)29)30-14-18-2-3-18;;/h4-7,12-13,15-18,30H,2-3,8-11,14H2,1H3;1H2;1H. The van der Waals surface area contributed by atoms with Crippen LogP contribution < -0.4 is 5.32 Å². The molecule has 0 spiro atoms. The summed E-state index contributed by atoms with van der Waals surface area (Å²) >= 11 is 1.63. The molecule has 6 rings (SSSR count). The van der Waals surface area contributed by atoms with Crippen LogP contribution in [0.15, 0.2) is 59.9 Å². The molecule has 1 saturated heterocycles. The Kier molecular flexibility index (Phi) is 7.64. The number of anilines is 1. The molecule has 0 atom stereocenters. The molecule has 2 aromatic heterocycles. The molecule has 1 amide bonds. The Morgan fingerprint density at radius 2 is 1.92 bits per heavy atom. The fourth-order valence-corrected chi connectivity index (χ4v) is 5.23. The van der Waals surface area contributed by atoms with Crippen molar-refractivity contribution in [2.45, 2.75) is 17.7 Å². The van der Waals surface area contributed by atoms with E-state index in [2.05, 4.69) is 15.3 Å². The summed E-state index contributed by atoms with van der Waals surface area (Å²) in [5, 5.41) is 4.42. The number of benzene rings is 2. The van der Waals surface area contributed by atoms with Crippen LogP contribution in [0, 0.1) is 11.7 Å². The third kappa shape index (κ3) is 5.24. The SMILES string of the molecule is CSc1cn(-c2ncc(-c3cc(NCC4CC4)ccc3F)cn2)c2cc(C(=O)N3CCOCC3)ccc12.O.[HH]. The fraction of sp³-hybridized carbons (Fsp3) is 0.321. The van der Waals surface area contributed by atoms with Gasteiger partial charge in [-0.1, -0.05) is 6.07 Å². The van der Waals surface area contributed by atoms with Gasteiger partial charge in [-0.2, -0.15) is 0 Å². The molecule has 8 nitrogen and oxygen atoms in total. The first-order chi connectivity index (χ1) is 18.1. The van der Waals surface area contributed by atoms with Gasteiger partial charge in [0, 0.05) is 72.3 Å². The van der Waals surface area contributed by atoms with E-state index >= 15 is 0 Å². The van der Waals surface area contributed by atoms with Crippen LogP contribution in [0.5, 0.6) is 0 Å². The minimum atomic E-state index is -0.310. The molecule has 4 aromatic rings. The number of aromatic nitrogens is 3. The van der Waals surface area contributed by atoms with Gasteiger partial charge in [0.15, 0.2) is 0 Å². The minimum Gasteiger partial charge on any atom is -0.412 e. The number of fused-ring (bicyclic) bond motifs is 1. The first kappa shape index (κ1) is 26.1. The normalized spacial score (nSPS) is 15.4. The monoisotopic (exact) mass is 537 g/mol. The lowest BCUT2D eigenvalue weighted by Crippen LogP contribution is -2.40. The summed E-state index contributed by atoms with van der Waals surface area (Å²) in [7, 11) is 0. The van der Waals surface area contributed by atoms with Gasteiger partial charge in [-0.3, -0.25) is 9.36 Å². The third-order valence-corrected chi connectivity index (χ3v) is 7.72. The summed E-state index contributed by atoms with van der Waals surface area (Å²) in [6.07, 6.45) is 9.81. The molecule has 3 heterocycles. The quantitative estimate of drug-likeness (QED) is 0.344. The predicted octanol–water partition coefficient (Wildman–Crippen LogP) is 4.66. The Morgan fingerprint density at radius 3 is 2.63 bits per heavy atom. The molecule has 0 unspecified atom stereocenters. The molecule has 10 heteroatoms. The maximum atomic E-state index is 14.7. The summed E-state index contributed by atoms with van der Waals surface area (Å²) in [5.41, 5.74) is 3.45. The summed E-state index contributed by atoms with van der Waals surface area (Å²) in [4.78, 5) is 25.2. The Hall–Kier alpha value is -3.47. The van der Waals surface area contributed by atoms with Gasteiger partial charge in [0.1, 0.15) is 5.82 Å². The van der Waals surface area contributed by atoms with Crippen molar-refractivity contribution in [1.29, 1.82) is 0 Å². The van der Waals surface area contributed by atoms with Crippen molar-refractivity contribution in [2.24, 2.45) is 5.92 Å². The molecular weight excluding hydrogens is 505 g/mol. The number of carbonyl (C=O) groups is 1. The molecule has 2 aliphatic rings. The van der Waals surface area contributed by atoms with E-state index in [4.69, 9.17) is 4.74 Å². The number of nitrogens with one attached hydrogen (secondary N) is 1. The Balaban J connectivity index is 0.00000176.